The number of rotatable bonds is 7. The molecular weight excluding hydrogens is 348 g/mol. The fourth-order valence-electron chi connectivity index (χ4n) is 2.35. The van der Waals surface area contributed by atoms with Crippen LogP contribution in [0.2, 0.25) is 5.02 Å². The minimum Gasteiger partial charge on any atom is -0.493 e. The van der Waals surface area contributed by atoms with Crippen molar-refractivity contribution in [3.05, 3.63) is 88.9 Å². The summed E-state index contributed by atoms with van der Waals surface area (Å²) >= 11 is 6.16. The first-order valence-electron chi connectivity index (χ1n) is 8.14. The maximum atomic E-state index is 6.16. The molecule has 0 saturated heterocycles. The summed E-state index contributed by atoms with van der Waals surface area (Å²) in [6, 6.07) is 23.0. The van der Waals surface area contributed by atoms with Crippen molar-refractivity contribution in [1.82, 2.24) is 0 Å². The van der Waals surface area contributed by atoms with E-state index in [0.29, 0.717) is 23.1 Å². The second-order valence-corrected chi connectivity index (χ2v) is 5.93. The van der Waals surface area contributed by atoms with Gasteiger partial charge in [-0.1, -0.05) is 48.0 Å². The van der Waals surface area contributed by atoms with Crippen LogP contribution in [0.15, 0.2) is 77.9 Å². The molecule has 5 heteroatoms. The van der Waals surface area contributed by atoms with Crippen LogP contribution in [0.3, 0.4) is 0 Å². The Morgan fingerprint density at radius 3 is 2.50 bits per heavy atom. The molecule has 0 aliphatic heterocycles. The van der Waals surface area contributed by atoms with Gasteiger partial charge in [-0.3, -0.25) is 5.43 Å². The summed E-state index contributed by atoms with van der Waals surface area (Å²) in [5.74, 6) is 1.29. The molecule has 0 radical (unpaired) electrons. The van der Waals surface area contributed by atoms with Crippen molar-refractivity contribution in [3.8, 4) is 11.5 Å². The van der Waals surface area contributed by atoms with Gasteiger partial charge in [0.25, 0.3) is 0 Å². The summed E-state index contributed by atoms with van der Waals surface area (Å²) in [6.07, 6.45) is 1.73. The predicted octanol–water partition coefficient (Wildman–Crippen LogP) is 5.37. The Kier molecular flexibility index (Phi) is 6.12. The van der Waals surface area contributed by atoms with Crippen LogP contribution in [0.5, 0.6) is 11.5 Å². The molecule has 0 aromatic heterocycles. The molecule has 132 valence electrons. The molecule has 0 spiro atoms. The molecule has 0 bridgehead atoms. The van der Waals surface area contributed by atoms with E-state index >= 15 is 0 Å². The molecule has 0 fully saturated rings. The van der Waals surface area contributed by atoms with Crippen LogP contribution < -0.4 is 14.9 Å². The largest absolute Gasteiger partial charge is 0.493 e. The minimum absolute atomic E-state index is 0.374. The van der Waals surface area contributed by atoms with Gasteiger partial charge in [-0.15, -0.1) is 0 Å². The van der Waals surface area contributed by atoms with Gasteiger partial charge in [0.15, 0.2) is 11.5 Å². The van der Waals surface area contributed by atoms with Gasteiger partial charge in [0.1, 0.15) is 6.61 Å². The lowest BCUT2D eigenvalue weighted by Gasteiger charge is -2.12. The van der Waals surface area contributed by atoms with Gasteiger partial charge in [-0.05, 0) is 42.0 Å². The van der Waals surface area contributed by atoms with E-state index in [1.165, 1.54) is 0 Å². The average Bonchev–Trinajstić information content (AvgIpc) is 2.68. The molecule has 3 rings (SSSR count). The maximum Gasteiger partial charge on any atom is 0.161 e. The smallest absolute Gasteiger partial charge is 0.161 e. The van der Waals surface area contributed by atoms with Crippen LogP contribution in [0.4, 0.5) is 5.69 Å². The molecule has 1 N–H and O–H groups in total. The van der Waals surface area contributed by atoms with Crippen molar-refractivity contribution in [2.45, 2.75) is 6.61 Å². The number of nitrogens with zero attached hydrogens (tertiary/aromatic N) is 1. The quantitative estimate of drug-likeness (QED) is 0.451. The summed E-state index contributed by atoms with van der Waals surface area (Å²) in [6.45, 7) is 0.374. The molecule has 4 nitrogen and oxygen atoms in total. The van der Waals surface area contributed by atoms with Gasteiger partial charge < -0.3 is 9.47 Å². The lowest BCUT2D eigenvalue weighted by Crippen LogP contribution is -1.99. The zero-order chi connectivity index (χ0) is 18.2. The summed E-state index contributed by atoms with van der Waals surface area (Å²) < 4.78 is 11.3. The number of hydrazone groups is 1. The van der Waals surface area contributed by atoms with E-state index in [0.717, 1.165) is 16.8 Å². The molecule has 0 amide bonds. The SMILES string of the molecule is COc1cc(C=NNc2ccccc2)ccc1OCc1ccccc1Cl. The highest BCUT2D eigenvalue weighted by Gasteiger charge is 2.07. The summed E-state index contributed by atoms with van der Waals surface area (Å²) in [4.78, 5) is 0. The molecule has 0 heterocycles. The zero-order valence-corrected chi connectivity index (χ0v) is 15.1. The standard InChI is InChI=1S/C21H19ClN2O2/c1-25-21-13-16(14-23-24-18-8-3-2-4-9-18)11-12-20(21)26-15-17-7-5-6-10-19(17)22/h2-14,24H,15H2,1H3. The molecular formula is C21H19ClN2O2. The Morgan fingerprint density at radius 2 is 1.73 bits per heavy atom. The Morgan fingerprint density at radius 1 is 0.962 bits per heavy atom. The molecule has 26 heavy (non-hydrogen) atoms. The number of benzene rings is 3. The Labute approximate surface area is 158 Å². The van der Waals surface area contributed by atoms with Crippen molar-refractivity contribution in [2.24, 2.45) is 5.10 Å². The van der Waals surface area contributed by atoms with Gasteiger partial charge in [-0.25, -0.2) is 0 Å². The van der Waals surface area contributed by atoms with Crippen molar-refractivity contribution in [3.63, 3.8) is 0 Å². The van der Waals surface area contributed by atoms with Crippen molar-refractivity contribution < 1.29 is 9.47 Å². The van der Waals surface area contributed by atoms with E-state index in [1.807, 2.05) is 72.8 Å². The van der Waals surface area contributed by atoms with Crippen LogP contribution in [-0.4, -0.2) is 13.3 Å². The molecule has 3 aromatic carbocycles. The normalized spacial score (nSPS) is 10.7. The number of hydrogen-bond donors (Lipinski definition) is 1. The van der Waals surface area contributed by atoms with Crippen molar-refractivity contribution in [1.29, 1.82) is 0 Å². The Hall–Kier alpha value is -2.98. The Balaban J connectivity index is 1.66. The lowest BCUT2D eigenvalue weighted by atomic mass is 10.2. The van der Waals surface area contributed by atoms with Gasteiger partial charge >= 0.3 is 0 Å². The molecule has 0 atom stereocenters. The molecule has 0 unspecified atom stereocenters. The zero-order valence-electron chi connectivity index (χ0n) is 14.4. The number of hydrogen-bond acceptors (Lipinski definition) is 4. The van der Waals surface area contributed by atoms with Gasteiger partial charge in [-0.2, -0.15) is 5.10 Å². The highest BCUT2D eigenvalue weighted by molar-refractivity contribution is 6.31. The number of ether oxygens (including phenoxy) is 2. The summed E-state index contributed by atoms with van der Waals surface area (Å²) in [5.41, 5.74) is 5.73. The van der Waals surface area contributed by atoms with E-state index in [4.69, 9.17) is 21.1 Å². The third kappa shape index (κ3) is 4.77. The van der Waals surface area contributed by atoms with E-state index in [9.17, 15) is 0 Å². The van der Waals surface area contributed by atoms with E-state index in [1.54, 1.807) is 13.3 Å². The summed E-state index contributed by atoms with van der Waals surface area (Å²) in [7, 11) is 1.61. The predicted molar refractivity (Wildman–Crippen MR) is 106 cm³/mol. The topological polar surface area (TPSA) is 42.8 Å². The monoisotopic (exact) mass is 366 g/mol. The van der Waals surface area contributed by atoms with Crippen LogP contribution in [0.1, 0.15) is 11.1 Å². The molecule has 0 aliphatic carbocycles. The number of halogens is 1. The van der Waals surface area contributed by atoms with E-state index in [-0.39, 0.29) is 0 Å². The number of para-hydroxylation sites is 1. The second kappa shape index (κ2) is 8.92. The number of anilines is 1. The van der Waals surface area contributed by atoms with Crippen LogP contribution in [-0.2, 0) is 6.61 Å². The van der Waals surface area contributed by atoms with Crippen LogP contribution in [0.25, 0.3) is 0 Å². The molecule has 0 saturated carbocycles. The first-order chi connectivity index (χ1) is 12.8. The first kappa shape index (κ1) is 17.8. The molecule has 3 aromatic rings. The van der Waals surface area contributed by atoms with E-state index < -0.39 is 0 Å². The third-order valence-electron chi connectivity index (χ3n) is 3.71. The number of methoxy groups -OCH3 is 1. The fourth-order valence-corrected chi connectivity index (χ4v) is 2.54. The molecule has 0 aliphatic rings. The second-order valence-electron chi connectivity index (χ2n) is 5.53. The van der Waals surface area contributed by atoms with Gasteiger partial charge in [0, 0.05) is 10.6 Å². The highest BCUT2D eigenvalue weighted by atomic mass is 35.5. The third-order valence-corrected chi connectivity index (χ3v) is 4.08. The number of nitrogens with one attached hydrogen (secondary N) is 1. The van der Waals surface area contributed by atoms with Gasteiger partial charge in [0.2, 0.25) is 0 Å². The lowest BCUT2D eigenvalue weighted by molar-refractivity contribution is 0.284. The Bertz CT molecular complexity index is 882. The van der Waals surface area contributed by atoms with Crippen molar-refractivity contribution >= 4 is 23.5 Å². The fraction of sp³-hybridized carbons (Fsp3) is 0.0952. The van der Waals surface area contributed by atoms with Gasteiger partial charge in [0.05, 0.1) is 19.0 Å². The highest BCUT2D eigenvalue weighted by Crippen LogP contribution is 2.29. The van der Waals surface area contributed by atoms with Crippen LogP contribution >= 0.6 is 11.6 Å². The van der Waals surface area contributed by atoms with Crippen LogP contribution in [0, 0.1) is 0 Å². The summed E-state index contributed by atoms with van der Waals surface area (Å²) in [5, 5.41) is 4.92. The maximum absolute atomic E-state index is 6.16. The average molecular weight is 367 g/mol. The minimum atomic E-state index is 0.374. The van der Waals surface area contributed by atoms with E-state index in [2.05, 4.69) is 10.5 Å². The van der Waals surface area contributed by atoms with Crippen molar-refractivity contribution in [2.75, 3.05) is 12.5 Å². The first-order valence-corrected chi connectivity index (χ1v) is 8.52.